The van der Waals surface area contributed by atoms with Gasteiger partial charge in [0.25, 0.3) is 5.91 Å². The number of halogens is 8. The molecule has 0 saturated carbocycles. The molecule has 2 amide bonds. The summed E-state index contributed by atoms with van der Waals surface area (Å²) in [5.74, 6) is -2.64. The van der Waals surface area contributed by atoms with Crippen LogP contribution in [-0.2, 0) is 4.79 Å². The van der Waals surface area contributed by atoms with Gasteiger partial charge in [0.2, 0.25) is 5.91 Å². The first kappa shape index (κ1) is 26.3. The fraction of sp³-hybridized carbons (Fsp3) is 0.263. The topological polar surface area (TPSA) is 58.2 Å². The van der Waals surface area contributed by atoms with Gasteiger partial charge in [-0.25, -0.2) is 0 Å². The lowest BCUT2D eigenvalue weighted by atomic mass is 9.94. The first-order valence-corrected chi connectivity index (χ1v) is 11.2. The van der Waals surface area contributed by atoms with Crippen LogP contribution in [0.15, 0.2) is 45.3 Å². The highest BCUT2D eigenvalue weighted by molar-refractivity contribution is 9.13. The number of amides is 2. The lowest BCUT2D eigenvalue weighted by Gasteiger charge is -2.26. The smallest absolute Gasteiger partial charge is 0.343 e. The Bertz CT molecular complexity index is 998. The van der Waals surface area contributed by atoms with Crippen LogP contribution in [0.5, 0.6) is 0 Å². The summed E-state index contributed by atoms with van der Waals surface area (Å²) >= 11 is 25.2. The summed E-state index contributed by atoms with van der Waals surface area (Å²) in [7, 11) is 0. The molecule has 0 aromatic heterocycles. The molecule has 12 heteroatoms. The van der Waals surface area contributed by atoms with Gasteiger partial charge in [0.05, 0.1) is 16.5 Å². The molecule has 0 spiro atoms. The van der Waals surface area contributed by atoms with Crippen molar-refractivity contribution in [1.82, 2.24) is 5.32 Å². The van der Waals surface area contributed by atoms with E-state index in [1.54, 1.807) is 23.5 Å². The van der Waals surface area contributed by atoms with Crippen molar-refractivity contribution < 1.29 is 22.8 Å². The molecule has 2 aromatic carbocycles. The van der Waals surface area contributed by atoms with Gasteiger partial charge in [-0.15, -0.1) is 23.2 Å². The average molecular weight is 625 g/mol. The fourth-order valence-corrected chi connectivity index (χ4v) is 3.93. The Morgan fingerprint density at radius 1 is 1.06 bits per heavy atom. The van der Waals surface area contributed by atoms with Crippen LogP contribution < -0.4 is 10.6 Å². The summed E-state index contributed by atoms with van der Waals surface area (Å²) in [5, 5.41) is 4.23. The van der Waals surface area contributed by atoms with E-state index >= 15 is 0 Å². The van der Waals surface area contributed by atoms with Crippen LogP contribution in [0.2, 0.25) is 5.02 Å². The quantitative estimate of drug-likeness (QED) is 0.338. The second-order valence-corrected chi connectivity index (χ2v) is 10.4. The van der Waals surface area contributed by atoms with Gasteiger partial charge in [-0.1, -0.05) is 17.7 Å². The van der Waals surface area contributed by atoms with E-state index in [-0.39, 0.29) is 16.3 Å². The van der Waals surface area contributed by atoms with E-state index in [1.165, 1.54) is 25.1 Å². The lowest BCUT2D eigenvalue weighted by molar-refractivity contribution is -0.123. The van der Waals surface area contributed by atoms with E-state index < -0.39 is 34.8 Å². The van der Waals surface area contributed by atoms with E-state index in [0.29, 0.717) is 10.0 Å². The maximum atomic E-state index is 13.0. The van der Waals surface area contributed by atoms with Gasteiger partial charge in [0.1, 0.15) is 10.9 Å². The van der Waals surface area contributed by atoms with Gasteiger partial charge >= 0.3 is 6.18 Å². The zero-order chi connectivity index (χ0) is 23.6. The Labute approximate surface area is 208 Å². The van der Waals surface area contributed by atoms with Gasteiger partial charge < -0.3 is 10.6 Å². The van der Waals surface area contributed by atoms with Gasteiger partial charge in [-0.2, -0.15) is 13.2 Å². The molecule has 2 aromatic rings. The Morgan fingerprint density at radius 3 is 2.26 bits per heavy atom. The maximum Gasteiger partial charge on any atom is 0.405 e. The first-order valence-electron chi connectivity index (χ1n) is 8.47. The second kappa shape index (κ2) is 10.3. The summed E-state index contributed by atoms with van der Waals surface area (Å²) < 4.78 is 37.0. The van der Waals surface area contributed by atoms with Crippen LogP contribution in [0.1, 0.15) is 28.8 Å². The van der Waals surface area contributed by atoms with E-state index in [4.69, 9.17) is 34.8 Å². The maximum absolute atomic E-state index is 13.0. The predicted octanol–water partition coefficient (Wildman–Crippen LogP) is 7.07. The second-order valence-electron chi connectivity index (χ2n) is 6.54. The van der Waals surface area contributed by atoms with E-state index in [2.05, 4.69) is 37.2 Å². The number of carbonyl (C=O) groups excluding carboxylic acids is 2. The number of hydrogen-bond acceptors (Lipinski definition) is 2. The van der Waals surface area contributed by atoms with Gasteiger partial charge in [-0.05, 0) is 74.7 Å². The minimum absolute atomic E-state index is 0.0782. The number of rotatable bonds is 6. The minimum Gasteiger partial charge on any atom is -0.343 e. The molecule has 0 aliphatic heterocycles. The minimum atomic E-state index is -4.58. The van der Waals surface area contributed by atoms with Crippen LogP contribution in [0.4, 0.5) is 18.9 Å². The number of nitrogens with one attached hydrogen (secondary N) is 2. The molecule has 0 fully saturated rings. The Morgan fingerprint density at radius 2 is 1.71 bits per heavy atom. The molecule has 168 valence electrons. The largest absolute Gasteiger partial charge is 0.405 e. The number of hydrogen-bond donors (Lipinski definition) is 2. The molecule has 0 saturated heterocycles. The molecule has 4 nitrogen and oxygen atoms in total. The number of alkyl halides is 5. The molecule has 0 radical (unpaired) electrons. The van der Waals surface area contributed by atoms with Crippen molar-refractivity contribution in [2.24, 2.45) is 0 Å². The molecule has 1 atom stereocenters. The highest BCUT2D eigenvalue weighted by Crippen LogP contribution is 2.40. The highest BCUT2D eigenvalue weighted by Gasteiger charge is 2.37. The van der Waals surface area contributed by atoms with Crippen molar-refractivity contribution in [2.75, 3.05) is 11.9 Å². The van der Waals surface area contributed by atoms with Crippen LogP contribution in [0, 0.1) is 0 Å². The Kier molecular flexibility index (Phi) is 8.72. The predicted molar refractivity (Wildman–Crippen MR) is 123 cm³/mol. The van der Waals surface area contributed by atoms with Crippen molar-refractivity contribution in [1.29, 1.82) is 0 Å². The van der Waals surface area contributed by atoms with Crippen LogP contribution >= 0.6 is 66.7 Å². The van der Waals surface area contributed by atoms with E-state index in [1.807, 2.05) is 0 Å². The highest BCUT2D eigenvalue weighted by atomic mass is 79.9. The van der Waals surface area contributed by atoms with Gasteiger partial charge in [-0.3, -0.25) is 9.59 Å². The molecule has 2 N–H and O–H groups in total. The average Bonchev–Trinajstić information content (AvgIpc) is 2.62. The molecule has 0 heterocycles. The summed E-state index contributed by atoms with van der Waals surface area (Å²) in [4.78, 5) is 25.1. The molecule has 2 rings (SSSR count). The summed E-state index contributed by atoms with van der Waals surface area (Å²) in [6.07, 6.45) is -4.58. The van der Waals surface area contributed by atoms with Crippen LogP contribution in [0.25, 0.3) is 0 Å². The Hall–Kier alpha value is -1.000. The third kappa shape index (κ3) is 7.53. The number of anilines is 1. The lowest BCUT2D eigenvalue weighted by Crippen LogP contribution is -2.34. The first-order chi connectivity index (χ1) is 14.2. The van der Waals surface area contributed by atoms with Crippen molar-refractivity contribution in [3.8, 4) is 0 Å². The zero-order valence-corrected chi connectivity index (χ0v) is 21.0. The standard InChI is InChI=1S/C19H14Br2Cl3F3N2O2/c1-18(23,24)15(9-2-4-12(20)13(21)6-9)17(31)29-10-3-5-14(22)11(7-10)16(30)28-8-19(25,26)27/h2-7,15H,8H2,1H3,(H,28,30)(H,29,31). The molecular formula is C19H14Br2Cl3F3N2O2. The molecule has 1 unspecified atom stereocenters. The van der Waals surface area contributed by atoms with Crippen molar-refractivity contribution >= 4 is 84.2 Å². The number of benzene rings is 2. The van der Waals surface area contributed by atoms with Crippen LogP contribution in [-0.4, -0.2) is 28.9 Å². The van der Waals surface area contributed by atoms with Crippen molar-refractivity contribution in [3.05, 3.63) is 61.5 Å². The van der Waals surface area contributed by atoms with E-state index in [0.717, 1.165) is 4.47 Å². The molecule has 31 heavy (non-hydrogen) atoms. The zero-order valence-electron chi connectivity index (χ0n) is 15.6. The summed E-state index contributed by atoms with van der Waals surface area (Å²) in [6.45, 7) is -0.0652. The Balaban J connectivity index is 2.30. The van der Waals surface area contributed by atoms with Crippen LogP contribution in [0.3, 0.4) is 0 Å². The molecule has 0 bridgehead atoms. The monoisotopic (exact) mass is 622 g/mol. The third-order valence-corrected chi connectivity index (χ3v) is 6.62. The molecule has 0 aliphatic rings. The fourth-order valence-electron chi connectivity index (χ4n) is 2.63. The number of carbonyl (C=O) groups is 2. The van der Waals surface area contributed by atoms with Crippen molar-refractivity contribution in [2.45, 2.75) is 23.4 Å². The van der Waals surface area contributed by atoms with Gasteiger partial charge in [0.15, 0.2) is 0 Å². The molecule has 0 aliphatic carbocycles. The van der Waals surface area contributed by atoms with Gasteiger partial charge in [0, 0.05) is 14.6 Å². The summed E-state index contributed by atoms with van der Waals surface area (Å²) in [6, 6.07) is 8.90. The van der Waals surface area contributed by atoms with E-state index in [9.17, 15) is 22.8 Å². The third-order valence-electron chi connectivity index (χ3n) is 3.97. The SMILES string of the molecule is CC(Cl)(Cl)C(C(=O)Nc1ccc(Cl)c(C(=O)NCC(F)(F)F)c1)c1ccc(Br)c(Br)c1. The van der Waals surface area contributed by atoms with Crippen molar-refractivity contribution in [3.63, 3.8) is 0 Å². The summed E-state index contributed by atoms with van der Waals surface area (Å²) in [5.41, 5.74) is 0.411. The molecular weight excluding hydrogens is 611 g/mol. The normalized spacial score (nSPS) is 12.9.